The van der Waals surface area contributed by atoms with Crippen molar-refractivity contribution in [3.05, 3.63) is 23.8 Å². The molecular weight excluding hydrogens is 209 g/mol. The Kier molecular flexibility index (Phi) is 3.44. The van der Waals surface area contributed by atoms with Gasteiger partial charge in [0.25, 0.3) is 0 Å². The summed E-state index contributed by atoms with van der Waals surface area (Å²) >= 11 is 0. The van der Waals surface area contributed by atoms with Gasteiger partial charge in [0.05, 0.1) is 7.11 Å². The van der Waals surface area contributed by atoms with Crippen molar-refractivity contribution < 1.29 is 22.6 Å². The molecule has 15 heavy (non-hydrogen) atoms. The van der Waals surface area contributed by atoms with E-state index in [1.165, 1.54) is 19.2 Å². The highest BCUT2D eigenvalue weighted by Crippen LogP contribution is 2.34. The van der Waals surface area contributed by atoms with E-state index in [1.54, 1.807) is 6.07 Å². The molecule has 0 bridgehead atoms. The zero-order chi connectivity index (χ0) is 11.5. The predicted molar refractivity (Wildman–Crippen MR) is 49.1 cm³/mol. The fourth-order valence-electron chi connectivity index (χ4n) is 1.28. The van der Waals surface area contributed by atoms with Crippen molar-refractivity contribution >= 4 is 0 Å². The Morgan fingerprint density at radius 2 is 1.93 bits per heavy atom. The molecule has 1 aromatic carbocycles. The molecule has 1 rings (SSSR count). The van der Waals surface area contributed by atoms with Crippen molar-refractivity contribution in [2.45, 2.75) is 19.7 Å². The number of halogens is 3. The van der Waals surface area contributed by atoms with Gasteiger partial charge in [0.2, 0.25) is 0 Å². The lowest BCUT2D eigenvalue weighted by Gasteiger charge is -2.14. The molecule has 0 unspecified atom stereocenters. The standard InChI is InChI=1S/C10H11F3O2/c1-3-7-5-4-6-8(9(7)14-2)15-10(11,12)13/h4-6H,3H2,1-2H3. The fourth-order valence-corrected chi connectivity index (χ4v) is 1.28. The first-order valence-corrected chi connectivity index (χ1v) is 4.39. The van der Waals surface area contributed by atoms with Crippen LogP contribution in [0.3, 0.4) is 0 Å². The molecule has 84 valence electrons. The summed E-state index contributed by atoms with van der Waals surface area (Å²) in [6, 6.07) is 4.43. The third-order valence-corrected chi connectivity index (χ3v) is 1.87. The topological polar surface area (TPSA) is 18.5 Å². The molecule has 5 heteroatoms. The molecule has 0 aromatic heterocycles. The number of aryl methyl sites for hydroxylation is 1. The van der Waals surface area contributed by atoms with E-state index in [9.17, 15) is 13.2 Å². The maximum Gasteiger partial charge on any atom is 0.573 e. The van der Waals surface area contributed by atoms with E-state index in [4.69, 9.17) is 4.74 Å². The van der Waals surface area contributed by atoms with Crippen LogP contribution in [-0.2, 0) is 6.42 Å². The summed E-state index contributed by atoms with van der Waals surface area (Å²) in [7, 11) is 1.32. The number of alkyl halides is 3. The number of benzene rings is 1. The lowest BCUT2D eigenvalue weighted by atomic mass is 10.1. The van der Waals surface area contributed by atoms with Gasteiger partial charge in [-0.05, 0) is 18.1 Å². The van der Waals surface area contributed by atoms with E-state index in [1.807, 2.05) is 6.92 Å². The molecule has 0 fully saturated rings. The van der Waals surface area contributed by atoms with Crippen LogP contribution < -0.4 is 9.47 Å². The van der Waals surface area contributed by atoms with Crippen LogP contribution in [-0.4, -0.2) is 13.5 Å². The van der Waals surface area contributed by atoms with Gasteiger partial charge in [-0.3, -0.25) is 0 Å². The molecule has 0 spiro atoms. The first-order valence-electron chi connectivity index (χ1n) is 4.39. The maximum atomic E-state index is 12.0. The number of ether oxygens (including phenoxy) is 2. The molecule has 0 saturated heterocycles. The van der Waals surface area contributed by atoms with Crippen LogP contribution in [0.5, 0.6) is 11.5 Å². The molecule has 0 amide bonds. The summed E-state index contributed by atoms with van der Waals surface area (Å²) < 4.78 is 44.8. The molecule has 0 aliphatic carbocycles. The van der Waals surface area contributed by atoms with Crippen LogP contribution in [0.4, 0.5) is 13.2 Å². The summed E-state index contributed by atoms with van der Waals surface area (Å²) in [4.78, 5) is 0. The van der Waals surface area contributed by atoms with E-state index >= 15 is 0 Å². The van der Waals surface area contributed by atoms with Crippen LogP contribution in [0.2, 0.25) is 0 Å². The summed E-state index contributed by atoms with van der Waals surface area (Å²) in [6.07, 6.45) is -4.11. The summed E-state index contributed by atoms with van der Waals surface area (Å²) in [5.74, 6) is -0.165. The highest BCUT2D eigenvalue weighted by molar-refractivity contribution is 5.46. The minimum Gasteiger partial charge on any atom is -0.493 e. The molecule has 0 radical (unpaired) electrons. The van der Waals surface area contributed by atoms with Crippen LogP contribution in [0.25, 0.3) is 0 Å². The average Bonchev–Trinajstić information content (AvgIpc) is 2.15. The smallest absolute Gasteiger partial charge is 0.493 e. The van der Waals surface area contributed by atoms with Gasteiger partial charge in [-0.25, -0.2) is 0 Å². The van der Waals surface area contributed by atoms with Crippen molar-refractivity contribution in [1.29, 1.82) is 0 Å². The zero-order valence-corrected chi connectivity index (χ0v) is 8.39. The lowest BCUT2D eigenvalue weighted by Crippen LogP contribution is -2.17. The number of methoxy groups -OCH3 is 1. The number of hydrogen-bond donors (Lipinski definition) is 0. The normalized spacial score (nSPS) is 11.3. The molecule has 0 atom stereocenters. The third-order valence-electron chi connectivity index (χ3n) is 1.87. The Bertz CT molecular complexity index is 334. The average molecular weight is 220 g/mol. The molecule has 0 aliphatic rings. The maximum absolute atomic E-state index is 12.0. The summed E-state index contributed by atoms with van der Waals surface area (Å²) in [6.45, 7) is 1.83. The molecule has 1 aromatic rings. The van der Waals surface area contributed by atoms with Gasteiger partial charge in [-0.15, -0.1) is 13.2 Å². The van der Waals surface area contributed by atoms with Gasteiger partial charge in [0.1, 0.15) is 0 Å². The number of rotatable bonds is 3. The highest BCUT2D eigenvalue weighted by Gasteiger charge is 2.32. The van der Waals surface area contributed by atoms with Crippen molar-refractivity contribution in [3.8, 4) is 11.5 Å². The van der Waals surface area contributed by atoms with Crippen LogP contribution >= 0.6 is 0 Å². The Hall–Kier alpha value is -1.39. The van der Waals surface area contributed by atoms with E-state index in [-0.39, 0.29) is 11.5 Å². The Morgan fingerprint density at radius 1 is 1.27 bits per heavy atom. The second-order valence-electron chi connectivity index (χ2n) is 2.85. The van der Waals surface area contributed by atoms with E-state index in [0.29, 0.717) is 12.0 Å². The van der Waals surface area contributed by atoms with E-state index in [2.05, 4.69) is 4.74 Å². The molecule has 0 heterocycles. The quantitative estimate of drug-likeness (QED) is 0.779. The summed E-state index contributed by atoms with van der Waals surface area (Å²) in [5, 5.41) is 0. The monoisotopic (exact) mass is 220 g/mol. The van der Waals surface area contributed by atoms with Crippen molar-refractivity contribution in [2.75, 3.05) is 7.11 Å². The van der Waals surface area contributed by atoms with Gasteiger partial charge < -0.3 is 9.47 Å². The van der Waals surface area contributed by atoms with Crippen LogP contribution in [0.15, 0.2) is 18.2 Å². The van der Waals surface area contributed by atoms with Gasteiger partial charge >= 0.3 is 6.36 Å². The minimum absolute atomic E-state index is 0.136. The van der Waals surface area contributed by atoms with Crippen molar-refractivity contribution in [1.82, 2.24) is 0 Å². The second kappa shape index (κ2) is 4.42. The van der Waals surface area contributed by atoms with Crippen LogP contribution in [0.1, 0.15) is 12.5 Å². The largest absolute Gasteiger partial charge is 0.573 e. The molecule has 0 aliphatic heterocycles. The third kappa shape index (κ3) is 3.04. The number of para-hydroxylation sites is 1. The van der Waals surface area contributed by atoms with Crippen molar-refractivity contribution in [2.24, 2.45) is 0 Å². The Labute approximate surface area is 85.6 Å². The zero-order valence-electron chi connectivity index (χ0n) is 8.39. The summed E-state index contributed by atoms with van der Waals surface area (Å²) in [5.41, 5.74) is 0.680. The molecule has 2 nitrogen and oxygen atoms in total. The van der Waals surface area contributed by atoms with E-state index in [0.717, 1.165) is 0 Å². The molecule has 0 N–H and O–H groups in total. The second-order valence-corrected chi connectivity index (χ2v) is 2.85. The first kappa shape index (κ1) is 11.7. The Morgan fingerprint density at radius 3 is 2.40 bits per heavy atom. The SMILES string of the molecule is CCc1cccc(OC(F)(F)F)c1OC. The van der Waals surface area contributed by atoms with Gasteiger partial charge in [-0.1, -0.05) is 19.1 Å². The predicted octanol–water partition coefficient (Wildman–Crippen LogP) is 3.16. The first-order chi connectivity index (χ1) is 6.98. The highest BCUT2D eigenvalue weighted by atomic mass is 19.4. The van der Waals surface area contributed by atoms with Crippen molar-refractivity contribution in [3.63, 3.8) is 0 Å². The van der Waals surface area contributed by atoms with E-state index < -0.39 is 6.36 Å². The molecular formula is C10H11F3O2. The lowest BCUT2D eigenvalue weighted by molar-refractivity contribution is -0.275. The minimum atomic E-state index is -4.69. The fraction of sp³-hybridized carbons (Fsp3) is 0.400. The van der Waals surface area contributed by atoms with Crippen LogP contribution in [0, 0.1) is 0 Å². The van der Waals surface area contributed by atoms with Gasteiger partial charge in [0, 0.05) is 0 Å². The van der Waals surface area contributed by atoms with Gasteiger partial charge in [-0.2, -0.15) is 0 Å². The van der Waals surface area contributed by atoms with Gasteiger partial charge in [0.15, 0.2) is 11.5 Å². The number of hydrogen-bond acceptors (Lipinski definition) is 2. The molecule has 0 saturated carbocycles. The Balaban J connectivity index is 3.06.